The van der Waals surface area contributed by atoms with E-state index in [-0.39, 0.29) is 4.90 Å². The van der Waals surface area contributed by atoms with E-state index in [0.29, 0.717) is 6.41 Å². The van der Waals surface area contributed by atoms with Gasteiger partial charge in [-0.05, 0) is 26.0 Å². The summed E-state index contributed by atoms with van der Waals surface area (Å²) in [5.41, 5.74) is 0.991. The van der Waals surface area contributed by atoms with Gasteiger partial charge in [0.25, 0.3) is 0 Å². The van der Waals surface area contributed by atoms with E-state index in [9.17, 15) is 13.2 Å². The van der Waals surface area contributed by atoms with Crippen LogP contribution in [0.3, 0.4) is 0 Å². The Balaban J connectivity index is 3.06. The normalized spacial score (nSPS) is 13.2. The lowest BCUT2D eigenvalue weighted by molar-refractivity contribution is -0.109. The smallest absolute Gasteiger partial charge is 0.208 e. The molecule has 0 aromatic heterocycles. The van der Waals surface area contributed by atoms with Crippen LogP contribution in [0.5, 0.6) is 0 Å². The molecule has 0 unspecified atom stereocenters. The molecule has 1 atom stereocenters. The average Bonchev–Trinajstić information content (AvgIpc) is 2.18. The second kappa shape index (κ2) is 4.44. The predicted molar refractivity (Wildman–Crippen MR) is 57.0 cm³/mol. The molecule has 5 heteroatoms. The van der Waals surface area contributed by atoms with Gasteiger partial charge in [0.2, 0.25) is 6.41 Å². The molecule has 0 aliphatic rings. The molecular formula is C10H13NO3S. The average molecular weight is 227 g/mol. The van der Waals surface area contributed by atoms with Gasteiger partial charge in [-0.3, -0.25) is 4.79 Å². The van der Waals surface area contributed by atoms with Crippen molar-refractivity contribution in [2.75, 3.05) is 0 Å². The van der Waals surface area contributed by atoms with Crippen molar-refractivity contribution in [2.45, 2.75) is 24.1 Å². The second-order valence-electron chi connectivity index (χ2n) is 3.28. The molecule has 15 heavy (non-hydrogen) atoms. The van der Waals surface area contributed by atoms with E-state index in [2.05, 4.69) is 5.32 Å². The van der Waals surface area contributed by atoms with Gasteiger partial charge in [0.05, 0.1) is 4.90 Å². The lowest BCUT2D eigenvalue weighted by Crippen LogP contribution is -2.32. The number of benzene rings is 1. The van der Waals surface area contributed by atoms with Crippen LogP contribution in [-0.4, -0.2) is 20.2 Å². The molecular weight excluding hydrogens is 214 g/mol. The predicted octanol–water partition coefficient (Wildman–Crippen LogP) is 0.861. The first kappa shape index (κ1) is 11.7. The Morgan fingerprint density at radius 3 is 2.27 bits per heavy atom. The number of carbonyl (C=O) groups excluding carboxylic acids is 1. The third-order valence-electron chi connectivity index (χ3n) is 2.12. The van der Waals surface area contributed by atoms with Crippen molar-refractivity contribution in [2.24, 2.45) is 0 Å². The van der Waals surface area contributed by atoms with Crippen molar-refractivity contribution in [1.29, 1.82) is 0 Å². The van der Waals surface area contributed by atoms with E-state index in [0.717, 1.165) is 5.56 Å². The minimum absolute atomic E-state index is 0.218. The first-order valence-electron chi connectivity index (χ1n) is 4.48. The zero-order valence-corrected chi connectivity index (χ0v) is 9.41. The zero-order chi connectivity index (χ0) is 11.5. The Morgan fingerprint density at radius 1 is 1.27 bits per heavy atom. The van der Waals surface area contributed by atoms with E-state index in [1.165, 1.54) is 19.1 Å². The van der Waals surface area contributed by atoms with Gasteiger partial charge < -0.3 is 5.32 Å². The van der Waals surface area contributed by atoms with Crippen molar-refractivity contribution in [1.82, 2.24) is 5.32 Å². The highest BCUT2D eigenvalue weighted by Gasteiger charge is 2.21. The number of nitrogens with one attached hydrogen (secondary N) is 1. The molecule has 0 saturated carbocycles. The number of hydrogen-bond donors (Lipinski definition) is 1. The number of amides is 1. The number of aryl methyl sites for hydroxylation is 1. The molecule has 1 aromatic rings. The van der Waals surface area contributed by atoms with Crippen LogP contribution in [0, 0.1) is 6.92 Å². The topological polar surface area (TPSA) is 63.2 Å². The van der Waals surface area contributed by atoms with Crippen molar-refractivity contribution in [3.63, 3.8) is 0 Å². The lowest BCUT2D eigenvalue weighted by atomic mass is 10.2. The molecule has 1 aromatic carbocycles. The van der Waals surface area contributed by atoms with Crippen molar-refractivity contribution in [3.05, 3.63) is 29.8 Å². The summed E-state index contributed by atoms with van der Waals surface area (Å²) in [5, 5.41) is 1.33. The van der Waals surface area contributed by atoms with Crippen LogP contribution in [0.2, 0.25) is 0 Å². The van der Waals surface area contributed by atoms with Crippen LogP contribution in [-0.2, 0) is 14.6 Å². The molecule has 0 heterocycles. The molecule has 1 N–H and O–H groups in total. The molecule has 0 spiro atoms. The summed E-state index contributed by atoms with van der Waals surface area (Å²) >= 11 is 0. The maximum Gasteiger partial charge on any atom is 0.208 e. The Bertz CT molecular complexity index is 436. The molecule has 4 nitrogen and oxygen atoms in total. The molecule has 0 aliphatic heterocycles. The van der Waals surface area contributed by atoms with Crippen LogP contribution >= 0.6 is 0 Å². The van der Waals surface area contributed by atoms with E-state index >= 15 is 0 Å². The second-order valence-corrected chi connectivity index (χ2v) is 5.55. The summed E-state index contributed by atoms with van der Waals surface area (Å²) in [5.74, 6) is 0. The van der Waals surface area contributed by atoms with Crippen molar-refractivity contribution >= 4 is 16.2 Å². The number of rotatable bonds is 4. The molecule has 0 fully saturated rings. The van der Waals surface area contributed by atoms with Gasteiger partial charge in [-0.1, -0.05) is 17.7 Å². The monoisotopic (exact) mass is 227 g/mol. The summed E-state index contributed by atoms with van der Waals surface area (Å²) in [6.07, 6.45) is 0.385. The van der Waals surface area contributed by atoms with E-state index < -0.39 is 15.2 Å². The first-order chi connectivity index (χ1) is 6.98. The molecule has 1 amide bonds. The van der Waals surface area contributed by atoms with Gasteiger partial charge in [0.15, 0.2) is 9.84 Å². The summed E-state index contributed by atoms with van der Waals surface area (Å²) in [6, 6.07) is 6.52. The molecule has 82 valence electrons. The van der Waals surface area contributed by atoms with Crippen LogP contribution in [0.25, 0.3) is 0 Å². The molecule has 0 radical (unpaired) electrons. The number of carbonyl (C=O) groups is 1. The lowest BCUT2D eigenvalue weighted by Gasteiger charge is -2.11. The molecule has 0 saturated heterocycles. The van der Waals surface area contributed by atoms with Gasteiger partial charge >= 0.3 is 0 Å². The minimum atomic E-state index is -3.46. The van der Waals surface area contributed by atoms with Gasteiger partial charge in [0, 0.05) is 0 Å². The minimum Gasteiger partial charge on any atom is -0.342 e. The summed E-state index contributed by atoms with van der Waals surface area (Å²) in [6.45, 7) is 3.31. The Morgan fingerprint density at radius 2 is 1.80 bits per heavy atom. The maximum absolute atomic E-state index is 11.8. The van der Waals surface area contributed by atoms with E-state index in [1.54, 1.807) is 12.1 Å². The quantitative estimate of drug-likeness (QED) is 0.776. The van der Waals surface area contributed by atoms with E-state index in [4.69, 9.17) is 0 Å². The van der Waals surface area contributed by atoms with Crippen LogP contribution in [0.4, 0.5) is 0 Å². The number of hydrogen-bond acceptors (Lipinski definition) is 3. The fraction of sp³-hybridized carbons (Fsp3) is 0.300. The Labute approximate surface area is 89.2 Å². The van der Waals surface area contributed by atoms with Gasteiger partial charge in [-0.25, -0.2) is 8.42 Å². The third-order valence-corrected chi connectivity index (χ3v) is 4.11. The SMILES string of the molecule is Cc1ccc(S(=O)(=O)[C@@H](C)NC=O)cc1. The highest BCUT2D eigenvalue weighted by molar-refractivity contribution is 7.92. The summed E-state index contributed by atoms with van der Waals surface area (Å²) < 4.78 is 23.6. The fourth-order valence-corrected chi connectivity index (χ4v) is 2.28. The van der Waals surface area contributed by atoms with Crippen LogP contribution < -0.4 is 5.32 Å². The largest absolute Gasteiger partial charge is 0.342 e. The first-order valence-corrected chi connectivity index (χ1v) is 6.03. The number of sulfone groups is 1. The molecule has 1 rings (SSSR count). The van der Waals surface area contributed by atoms with Crippen LogP contribution in [0.15, 0.2) is 29.2 Å². The third kappa shape index (κ3) is 2.56. The van der Waals surface area contributed by atoms with Gasteiger partial charge in [0.1, 0.15) is 5.37 Å². The summed E-state index contributed by atoms with van der Waals surface area (Å²) in [7, 11) is -3.46. The summed E-state index contributed by atoms with van der Waals surface area (Å²) in [4.78, 5) is 10.4. The highest BCUT2D eigenvalue weighted by atomic mass is 32.2. The molecule has 0 bridgehead atoms. The Kier molecular flexibility index (Phi) is 3.47. The highest BCUT2D eigenvalue weighted by Crippen LogP contribution is 2.14. The maximum atomic E-state index is 11.8. The van der Waals surface area contributed by atoms with Crippen molar-refractivity contribution in [3.8, 4) is 0 Å². The van der Waals surface area contributed by atoms with Crippen molar-refractivity contribution < 1.29 is 13.2 Å². The molecule has 0 aliphatic carbocycles. The zero-order valence-electron chi connectivity index (χ0n) is 8.60. The van der Waals surface area contributed by atoms with Gasteiger partial charge in [-0.15, -0.1) is 0 Å². The van der Waals surface area contributed by atoms with Gasteiger partial charge in [-0.2, -0.15) is 0 Å². The standard InChI is InChI=1S/C10H13NO3S/c1-8-3-5-10(6-4-8)15(13,14)9(2)11-7-12/h3-7,9H,1-2H3,(H,11,12)/t9-/m0/s1. The van der Waals surface area contributed by atoms with Crippen LogP contribution in [0.1, 0.15) is 12.5 Å². The Hall–Kier alpha value is -1.36. The fourth-order valence-electron chi connectivity index (χ4n) is 1.12. The van der Waals surface area contributed by atoms with E-state index in [1.807, 2.05) is 6.92 Å².